The van der Waals surface area contributed by atoms with Gasteiger partial charge in [0.15, 0.2) is 5.76 Å². The molecule has 4 heterocycles. The number of hydrogen-bond donors (Lipinski definition) is 0. The molecule has 1 fully saturated rings. The van der Waals surface area contributed by atoms with Gasteiger partial charge in [-0.3, -0.25) is 4.79 Å². The molecule has 0 saturated carbocycles. The first-order chi connectivity index (χ1) is 16.2. The van der Waals surface area contributed by atoms with Crippen molar-refractivity contribution in [2.24, 2.45) is 0 Å². The maximum Gasteiger partial charge on any atom is 0.266 e. The van der Waals surface area contributed by atoms with Crippen molar-refractivity contribution in [3.05, 3.63) is 54.4 Å². The summed E-state index contributed by atoms with van der Waals surface area (Å²) in [7, 11) is 0. The molecule has 0 N–H and O–H groups in total. The number of tetrazole rings is 1. The number of nitriles is 1. The van der Waals surface area contributed by atoms with E-state index in [4.69, 9.17) is 8.83 Å². The molecule has 0 spiro atoms. The van der Waals surface area contributed by atoms with Crippen LogP contribution in [0.5, 0.6) is 0 Å². The molecule has 1 aliphatic heterocycles. The SMILES string of the molecule is N#Cc1nc(-c2ccco2)oc1N1CCN(C(=O)CSc2nnnn2-c2ccccc2)CC1. The quantitative estimate of drug-likeness (QED) is 0.393. The van der Waals surface area contributed by atoms with Crippen LogP contribution in [0.25, 0.3) is 17.3 Å². The zero-order chi connectivity index (χ0) is 22.6. The van der Waals surface area contributed by atoms with Gasteiger partial charge in [0.25, 0.3) is 5.89 Å². The third kappa shape index (κ3) is 4.31. The Labute approximate surface area is 192 Å². The lowest BCUT2D eigenvalue weighted by atomic mass is 10.3. The van der Waals surface area contributed by atoms with Gasteiger partial charge in [-0.15, -0.1) is 5.10 Å². The summed E-state index contributed by atoms with van der Waals surface area (Å²) < 4.78 is 12.7. The number of rotatable bonds is 6. The van der Waals surface area contributed by atoms with Crippen LogP contribution in [0.4, 0.5) is 5.88 Å². The Morgan fingerprint density at radius 1 is 1.12 bits per heavy atom. The van der Waals surface area contributed by atoms with E-state index in [0.717, 1.165) is 5.69 Å². The van der Waals surface area contributed by atoms with Crippen LogP contribution in [0, 0.1) is 11.3 Å². The molecule has 166 valence electrons. The van der Waals surface area contributed by atoms with Crippen LogP contribution in [-0.2, 0) is 4.79 Å². The van der Waals surface area contributed by atoms with Crippen LogP contribution >= 0.6 is 11.8 Å². The molecular weight excluding hydrogens is 444 g/mol. The molecule has 0 bridgehead atoms. The molecular formula is C21H18N8O3S. The third-order valence-corrected chi connectivity index (χ3v) is 6.04. The minimum Gasteiger partial charge on any atom is -0.459 e. The fourth-order valence-corrected chi connectivity index (χ4v) is 4.28. The number of anilines is 1. The first-order valence-corrected chi connectivity index (χ1v) is 11.2. The van der Waals surface area contributed by atoms with E-state index in [0.29, 0.717) is 43.0 Å². The Balaban J connectivity index is 1.19. The van der Waals surface area contributed by atoms with Gasteiger partial charge >= 0.3 is 0 Å². The lowest BCUT2D eigenvalue weighted by molar-refractivity contribution is -0.128. The van der Waals surface area contributed by atoms with E-state index in [-0.39, 0.29) is 23.2 Å². The van der Waals surface area contributed by atoms with E-state index in [1.54, 1.807) is 21.7 Å². The second kappa shape index (κ2) is 9.17. The number of furan rings is 1. The normalized spacial score (nSPS) is 13.8. The standard InChI is InChI=1S/C21H18N8O3S/c22-13-16-20(32-19(23-16)17-7-4-12-31-17)28-10-8-27(9-11-28)18(30)14-33-21-24-25-26-29(21)15-5-2-1-3-6-15/h1-7,12H,8-11,14H2. The average Bonchev–Trinajstić information content (AvgIpc) is 3.63. The van der Waals surface area contributed by atoms with Crippen LogP contribution in [0.15, 0.2) is 62.7 Å². The second-order valence-electron chi connectivity index (χ2n) is 7.13. The fraction of sp³-hybridized carbons (Fsp3) is 0.238. The Morgan fingerprint density at radius 2 is 1.94 bits per heavy atom. The van der Waals surface area contributed by atoms with Gasteiger partial charge in [0.2, 0.25) is 22.6 Å². The number of para-hydroxylation sites is 1. The number of carbonyl (C=O) groups excluding carboxylic acids is 1. The van der Waals surface area contributed by atoms with Gasteiger partial charge in [0.1, 0.15) is 6.07 Å². The lowest BCUT2D eigenvalue weighted by Gasteiger charge is -2.34. The van der Waals surface area contributed by atoms with E-state index < -0.39 is 0 Å². The minimum atomic E-state index is -0.00314. The zero-order valence-corrected chi connectivity index (χ0v) is 18.2. The number of aromatic nitrogens is 5. The number of hydrogen-bond acceptors (Lipinski definition) is 10. The molecule has 12 heteroatoms. The summed E-state index contributed by atoms with van der Waals surface area (Å²) in [5, 5.41) is 21.8. The van der Waals surface area contributed by atoms with Crippen LogP contribution in [0.2, 0.25) is 0 Å². The predicted octanol–water partition coefficient (Wildman–Crippen LogP) is 2.22. The Morgan fingerprint density at radius 3 is 2.67 bits per heavy atom. The number of nitrogens with zero attached hydrogens (tertiary/aromatic N) is 8. The number of benzene rings is 1. The van der Waals surface area contributed by atoms with E-state index in [9.17, 15) is 10.1 Å². The van der Waals surface area contributed by atoms with Crippen molar-refractivity contribution in [2.45, 2.75) is 5.16 Å². The van der Waals surface area contributed by atoms with Gasteiger partial charge < -0.3 is 18.6 Å². The Bertz CT molecular complexity index is 1270. The Kier molecular flexibility index (Phi) is 5.77. The molecule has 0 radical (unpaired) electrons. The minimum absolute atomic E-state index is 0.00314. The number of piperazine rings is 1. The van der Waals surface area contributed by atoms with Crippen molar-refractivity contribution >= 4 is 23.6 Å². The number of amides is 1. The highest BCUT2D eigenvalue weighted by Gasteiger charge is 2.27. The number of oxazole rings is 1. The molecule has 1 aliphatic rings. The highest BCUT2D eigenvalue weighted by atomic mass is 32.2. The number of thioether (sulfide) groups is 1. The van der Waals surface area contributed by atoms with Crippen molar-refractivity contribution in [2.75, 3.05) is 36.8 Å². The van der Waals surface area contributed by atoms with Gasteiger partial charge in [-0.25, -0.2) is 0 Å². The van der Waals surface area contributed by atoms with Crippen molar-refractivity contribution in [3.8, 4) is 23.4 Å². The summed E-state index contributed by atoms with van der Waals surface area (Å²) >= 11 is 1.30. The molecule has 0 aliphatic carbocycles. The van der Waals surface area contributed by atoms with E-state index in [2.05, 4.69) is 26.6 Å². The molecule has 11 nitrogen and oxygen atoms in total. The molecule has 0 atom stereocenters. The van der Waals surface area contributed by atoms with Crippen LogP contribution < -0.4 is 4.90 Å². The van der Waals surface area contributed by atoms with E-state index in [1.165, 1.54) is 18.0 Å². The smallest absolute Gasteiger partial charge is 0.266 e. The summed E-state index contributed by atoms with van der Waals surface area (Å²) in [4.78, 5) is 20.7. The van der Waals surface area contributed by atoms with Gasteiger partial charge in [0.05, 0.1) is 17.7 Å². The molecule has 0 unspecified atom stereocenters. The maximum absolute atomic E-state index is 12.8. The highest BCUT2D eigenvalue weighted by molar-refractivity contribution is 7.99. The third-order valence-electron chi connectivity index (χ3n) is 5.13. The van der Waals surface area contributed by atoms with Gasteiger partial charge in [0, 0.05) is 26.2 Å². The van der Waals surface area contributed by atoms with Crippen molar-refractivity contribution < 1.29 is 13.6 Å². The van der Waals surface area contributed by atoms with Gasteiger partial charge in [-0.05, 0) is 34.7 Å². The van der Waals surface area contributed by atoms with E-state index >= 15 is 0 Å². The summed E-state index contributed by atoms with van der Waals surface area (Å²) in [6, 6.07) is 15.0. The fourth-order valence-electron chi connectivity index (χ4n) is 3.48. The highest BCUT2D eigenvalue weighted by Crippen LogP contribution is 2.29. The summed E-state index contributed by atoms with van der Waals surface area (Å²) in [6.45, 7) is 2.06. The lowest BCUT2D eigenvalue weighted by Crippen LogP contribution is -2.49. The maximum atomic E-state index is 12.8. The molecule has 5 rings (SSSR count). The first kappa shape index (κ1) is 20.8. The number of carbonyl (C=O) groups is 1. The monoisotopic (exact) mass is 462 g/mol. The summed E-state index contributed by atoms with van der Waals surface area (Å²) in [6.07, 6.45) is 1.52. The van der Waals surface area contributed by atoms with Crippen molar-refractivity contribution in [3.63, 3.8) is 0 Å². The van der Waals surface area contributed by atoms with Crippen LogP contribution in [0.3, 0.4) is 0 Å². The molecule has 1 aromatic carbocycles. The van der Waals surface area contributed by atoms with Gasteiger partial charge in [-0.1, -0.05) is 30.0 Å². The van der Waals surface area contributed by atoms with Crippen LogP contribution in [-0.4, -0.2) is 67.9 Å². The molecule has 4 aromatic rings. The second-order valence-corrected chi connectivity index (χ2v) is 8.07. The zero-order valence-electron chi connectivity index (χ0n) is 17.4. The summed E-state index contributed by atoms with van der Waals surface area (Å²) in [5.74, 6) is 1.34. The van der Waals surface area contributed by atoms with Crippen molar-refractivity contribution in [1.82, 2.24) is 30.1 Å². The summed E-state index contributed by atoms with van der Waals surface area (Å²) in [5.41, 5.74) is 1.03. The van der Waals surface area contributed by atoms with Crippen LogP contribution in [0.1, 0.15) is 5.69 Å². The Hall–Kier alpha value is -4.11. The van der Waals surface area contributed by atoms with Gasteiger partial charge in [-0.2, -0.15) is 14.9 Å². The largest absolute Gasteiger partial charge is 0.459 e. The topological polar surface area (TPSA) is 130 Å². The predicted molar refractivity (Wildman–Crippen MR) is 118 cm³/mol. The first-order valence-electron chi connectivity index (χ1n) is 10.2. The van der Waals surface area contributed by atoms with Crippen molar-refractivity contribution in [1.29, 1.82) is 5.26 Å². The van der Waals surface area contributed by atoms with E-state index in [1.807, 2.05) is 35.2 Å². The average molecular weight is 462 g/mol. The molecule has 33 heavy (non-hydrogen) atoms. The molecule has 1 amide bonds. The molecule has 1 saturated heterocycles. The molecule has 3 aromatic heterocycles.